The average Bonchev–Trinajstić information content (AvgIpc) is 2.26. The Kier molecular flexibility index (Phi) is 2.56. The van der Waals surface area contributed by atoms with Crippen LogP contribution in [0.5, 0.6) is 0 Å². The highest BCUT2D eigenvalue weighted by molar-refractivity contribution is 5.43. The first-order chi connectivity index (χ1) is 7.83. The quantitative estimate of drug-likeness (QED) is 0.712. The van der Waals surface area contributed by atoms with E-state index in [0.29, 0.717) is 12.0 Å². The predicted octanol–water partition coefficient (Wildman–Crippen LogP) is 3.15. The van der Waals surface area contributed by atoms with Gasteiger partial charge in [0.1, 0.15) is 0 Å². The van der Waals surface area contributed by atoms with Crippen molar-refractivity contribution in [1.29, 1.82) is 0 Å². The first-order valence-corrected chi connectivity index (χ1v) is 6.36. The van der Waals surface area contributed by atoms with Gasteiger partial charge in [0.05, 0.1) is 0 Å². The van der Waals surface area contributed by atoms with E-state index in [1.807, 2.05) is 0 Å². The Hall–Kier alpha value is -1.08. The SMILES string of the molecule is NC1CCCC(=CC2Cc3ccccc32)C1. The Morgan fingerprint density at radius 3 is 2.88 bits per heavy atom. The fourth-order valence-corrected chi connectivity index (χ4v) is 3.01. The minimum absolute atomic E-state index is 0.412. The molecule has 1 aromatic rings. The number of fused-ring (bicyclic) bond motifs is 1. The van der Waals surface area contributed by atoms with Gasteiger partial charge in [0.15, 0.2) is 0 Å². The Bertz CT molecular complexity index is 419. The van der Waals surface area contributed by atoms with Gasteiger partial charge >= 0.3 is 0 Å². The van der Waals surface area contributed by atoms with Crippen molar-refractivity contribution in [3.63, 3.8) is 0 Å². The molecule has 0 spiro atoms. The van der Waals surface area contributed by atoms with Gasteiger partial charge in [-0.1, -0.05) is 35.9 Å². The largest absolute Gasteiger partial charge is 0.327 e. The van der Waals surface area contributed by atoms with E-state index in [1.165, 1.54) is 36.8 Å². The molecule has 0 bridgehead atoms. The van der Waals surface area contributed by atoms with Crippen molar-refractivity contribution < 1.29 is 0 Å². The van der Waals surface area contributed by atoms with Gasteiger partial charge in [-0.3, -0.25) is 0 Å². The third kappa shape index (κ3) is 1.80. The Morgan fingerprint density at radius 2 is 2.06 bits per heavy atom. The van der Waals surface area contributed by atoms with Gasteiger partial charge in [-0.25, -0.2) is 0 Å². The normalized spacial score (nSPS) is 30.9. The smallest absolute Gasteiger partial charge is 0.00761 e. The second-order valence-electron chi connectivity index (χ2n) is 5.19. The van der Waals surface area contributed by atoms with Crippen LogP contribution in [0.15, 0.2) is 35.9 Å². The molecule has 2 N–H and O–H groups in total. The van der Waals surface area contributed by atoms with E-state index in [9.17, 15) is 0 Å². The minimum atomic E-state index is 0.412. The fourth-order valence-electron chi connectivity index (χ4n) is 3.01. The van der Waals surface area contributed by atoms with E-state index in [4.69, 9.17) is 5.73 Å². The molecule has 16 heavy (non-hydrogen) atoms. The summed E-state index contributed by atoms with van der Waals surface area (Å²) in [5.41, 5.74) is 10.7. The molecule has 1 heteroatoms. The van der Waals surface area contributed by atoms with Gasteiger partial charge < -0.3 is 5.73 Å². The summed E-state index contributed by atoms with van der Waals surface area (Å²) in [5, 5.41) is 0. The number of benzene rings is 1. The predicted molar refractivity (Wildman–Crippen MR) is 67.4 cm³/mol. The molecule has 3 rings (SSSR count). The summed E-state index contributed by atoms with van der Waals surface area (Å²) in [7, 11) is 0. The Labute approximate surface area is 97.4 Å². The summed E-state index contributed by atoms with van der Waals surface area (Å²) in [6, 6.07) is 9.21. The maximum Gasteiger partial charge on any atom is 0.00761 e. The van der Waals surface area contributed by atoms with E-state index in [-0.39, 0.29) is 0 Å². The van der Waals surface area contributed by atoms with E-state index in [1.54, 1.807) is 5.57 Å². The molecule has 0 saturated heterocycles. The van der Waals surface area contributed by atoms with Gasteiger partial charge in [0, 0.05) is 12.0 Å². The molecular formula is C15H19N. The maximum absolute atomic E-state index is 6.01. The van der Waals surface area contributed by atoms with Crippen LogP contribution in [0.2, 0.25) is 0 Å². The molecule has 0 amide bonds. The summed E-state index contributed by atoms with van der Waals surface area (Å²) in [5.74, 6) is 0.677. The third-order valence-electron chi connectivity index (χ3n) is 3.93. The topological polar surface area (TPSA) is 26.0 Å². The molecule has 2 aliphatic rings. The zero-order valence-corrected chi connectivity index (χ0v) is 9.65. The minimum Gasteiger partial charge on any atom is -0.327 e. The van der Waals surface area contributed by atoms with Gasteiger partial charge in [-0.05, 0) is 43.2 Å². The fraction of sp³-hybridized carbons (Fsp3) is 0.467. The lowest BCUT2D eigenvalue weighted by Crippen LogP contribution is -2.24. The van der Waals surface area contributed by atoms with E-state index < -0.39 is 0 Å². The van der Waals surface area contributed by atoms with Gasteiger partial charge in [0.2, 0.25) is 0 Å². The lowest BCUT2D eigenvalue weighted by molar-refractivity contribution is 0.512. The zero-order valence-electron chi connectivity index (χ0n) is 9.65. The van der Waals surface area contributed by atoms with Gasteiger partial charge in [-0.2, -0.15) is 0 Å². The van der Waals surface area contributed by atoms with Crippen molar-refractivity contribution in [3.05, 3.63) is 47.0 Å². The molecule has 0 aromatic heterocycles. The van der Waals surface area contributed by atoms with Crippen molar-refractivity contribution in [2.45, 2.75) is 44.1 Å². The highest BCUT2D eigenvalue weighted by Gasteiger charge is 2.24. The number of rotatable bonds is 1. The monoisotopic (exact) mass is 213 g/mol. The van der Waals surface area contributed by atoms with Crippen LogP contribution >= 0.6 is 0 Å². The summed E-state index contributed by atoms with van der Waals surface area (Å²) in [6.07, 6.45) is 8.60. The van der Waals surface area contributed by atoms with Crippen LogP contribution in [0.3, 0.4) is 0 Å². The average molecular weight is 213 g/mol. The highest BCUT2D eigenvalue weighted by Crippen LogP contribution is 2.38. The van der Waals surface area contributed by atoms with Crippen LogP contribution in [-0.2, 0) is 6.42 Å². The maximum atomic E-state index is 6.01. The van der Waals surface area contributed by atoms with Crippen LogP contribution in [0.25, 0.3) is 0 Å². The summed E-state index contributed by atoms with van der Waals surface area (Å²) in [6.45, 7) is 0. The van der Waals surface area contributed by atoms with Crippen LogP contribution in [0.1, 0.15) is 42.7 Å². The van der Waals surface area contributed by atoms with E-state index in [2.05, 4.69) is 30.3 Å². The first-order valence-electron chi connectivity index (χ1n) is 6.36. The molecule has 2 aliphatic carbocycles. The molecule has 1 nitrogen and oxygen atoms in total. The second kappa shape index (κ2) is 4.06. The molecule has 2 unspecified atom stereocenters. The van der Waals surface area contributed by atoms with Crippen molar-refractivity contribution in [3.8, 4) is 0 Å². The number of allylic oxidation sites excluding steroid dienone is 1. The lowest BCUT2D eigenvalue weighted by Gasteiger charge is -2.30. The molecular weight excluding hydrogens is 194 g/mol. The van der Waals surface area contributed by atoms with E-state index >= 15 is 0 Å². The van der Waals surface area contributed by atoms with Gasteiger partial charge in [0.25, 0.3) is 0 Å². The molecule has 1 fully saturated rings. The number of hydrogen-bond donors (Lipinski definition) is 1. The third-order valence-corrected chi connectivity index (χ3v) is 3.93. The first kappa shape index (κ1) is 10.1. The molecule has 2 atom stereocenters. The molecule has 0 aliphatic heterocycles. The highest BCUT2D eigenvalue weighted by atomic mass is 14.6. The van der Waals surface area contributed by atoms with E-state index in [0.717, 1.165) is 6.42 Å². The van der Waals surface area contributed by atoms with Crippen LogP contribution < -0.4 is 5.73 Å². The number of hydrogen-bond acceptors (Lipinski definition) is 1. The molecule has 1 aromatic carbocycles. The van der Waals surface area contributed by atoms with Crippen molar-refractivity contribution in [2.75, 3.05) is 0 Å². The zero-order chi connectivity index (χ0) is 11.0. The van der Waals surface area contributed by atoms with Crippen molar-refractivity contribution in [2.24, 2.45) is 5.73 Å². The summed E-state index contributed by atoms with van der Waals surface area (Å²) < 4.78 is 0. The molecule has 0 radical (unpaired) electrons. The van der Waals surface area contributed by atoms with Gasteiger partial charge in [-0.15, -0.1) is 0 Å². The van der Waals surface area contributed by atoms with Crippen molar-refractivity contribution >= 4 is 0 Å². The second-order valence-corrected chi connectivity index (χ2v) is 5.19. The van der Waals surface area contributed by atoms with Crippen LogP contribution in [0.4, 0.5) is 0 Å². The molecule has 1 saturated carbocycles. The lowest BCUT2D eigenvalue weighted by atomic mass is 9.75. The Morgan fingerprint density at radius 1 is 1.19 bits per heavy atom. The summed E-state index contributed by atoms with van der Waals surface area (Å²) in [4.78, 5) is 0. The van der Waals surface area contributed by atoms with Crippen molar-refractivity contribution in [1.82, 2.24) is 0 Å². The molecule has 0 heterocycles. The van der Waals surface area contributed by atoms with Crippen LogP contribution in [-0.4, -0.2) is 6.04 Å². The summed E-state index contributed by atoms with van der Waals surface area (Å²) >= 11 is 0. The molecule has 84 valence electrons. The Balaban J connectivity index is 1.75. The number of nitrogens with two attached hydrogens (primary N) is 1. The standard InChI is InChI=1S/C15H19N/c16-14-6-3-4-11(9-14)8-13-10-12-5-1-2-7-15(12)13/h1-2,5,7-8,13-14H,3-4,6,9-10,16H2. The van der Waals surface area contributed by atoms with Crippen LogP contribution in [0, 0.1) is 0 Å².